The van der Waals surface area contributed by atoms with E-state index in [0.29, 0.717) is 0 Å². The van der Waals surface area contributed by atoms with Gasteiger partial charge in [-0.15, -0.1) is 0 Å². The summed E-state index contributed by atoms with van der Waals surface area (Å²) in [5.41, 5.74) is 5.71. The Hall–Kier alpha value is -0.120. The van der Waals surface area contributed by atoms with Crippen LogP contribution in [0, 0.1) is 5.92 Å². The van der Waals surface area contributed by atoms with Crippen LogP contribution in [0.5, 0.6) is 0 Å². The number of rotatable bonds is 6. The summed E-state index contributed by atoms with van der Waals surface area (Å²) in [6, 6.07) is 0. The maximum atomic E-state index is 9.91. The molecule has 1 fully saturated rings. The number of nitrogens with two attached hydrogens (primary N) is 1. The molecule has 0 amide bonds. The number of likely N-dealkylation sites (N-methyl/N-ethyl adjacent to an activating group) is 1. The Morgan fingerprint density at radius 1 is 1.44 bits per heavy atom. The number of nitrogens with zero attached hydrogens (tertiary/aromatic N) is 1. The fourth-order valence-corrected chi connectivity index (χ4v) is 3.37. The lowest BCUT2D eigenvalue weighted by atomic mass is 9.75. The van der Waals surface area contributed by atoms with Gasteiger partial charge in [-0.2, -0.15) is 0 Å². The molecule has 18 heavy (non-hydrogen) atoms. The molecule has 1 saturated carbocycles. The standard InChI is InChI=1S/C15H32N2O/c1-5-17(10-9-14(3,4)18)15(12-16)8-6-7-13(2)11-15/h13,18H,5-12,16H2,1-4H3. The smallest absolute Gasteiger partial charge is 0.0603 e. The van der Waals surface area contributed by atoms with Crippen LogP contribution in [0.3, 0.4) is 0 Å². The number of hydrogen-bond donors (Lipinski definition) is 2. The quantitative estimate of drug-likeness (QED) is 0.767. The highest BCUT2D eigenvalue weighted by Gasteiger charge is 2.38. The first kappa shape index (κ1) is 15.9. The zero-order valence-electron chi connectivity index (χ0n) is 12.7. The van der Waals surface area contributed by atoms with Gasteiger partial charge in [-0.05, 0) is 45.6 Å². The zero-order valence-corrected chi connectivity index (χ0v) is 12.7. The molecule has 1 aliphatic rings. The van der Waals surface area contributed by atoms with Crippen LogP contribution in [0.2, 0.25) is 0 Å². The summed E-state index contributed by atoms with van der Waals surface area (Å²) in [5, 5.41) is 9.91. The Kier molecular flexibility index (Phi) is 5.63. The Balaban J connectivity index is 2.70. The van der Waals surface area contributed by atoms with Crippen LogP contribution < -0.4 is 5.73 Å². The van der Waals surface area contributed by atoms with Crippen molar-refractivity contribution in [2.75, 3.05) is 19.6 Å². The van der Waals surface area contributed by atoms with Crippen molar-refractivity contribution in [2.45, 2.75) is 70.9 Å². The van der Waals surface area contributed by atoms with Crippen molar-refractivity contribution in [3.63, 3.8) is 0 Å². The van der Waals surface area contributed by atoms with Crippen LogP contribution in [0.25, 0.3) is 0 Å². The van der Waals surface area contributed by atoms with E-state index >= 15 is 0 Å². The molecule has 0 spiro atoms. The summed E-state index contributed by atoms with van der Waals surface area (Å²) < 4.78 is 0. The lowest BCUT2D eigenvalue weighted by Crippen LogP contribution is -2.57. The summed E-state index contributed by atoms with van der Waals surface area (Å²) in [6.07, 6.45) is 5.87. The van der Waals surface area contributed by atoms with E-state index in [4.69, 9.17) is 5.73 Å². The molecule has 3 heteroatoms. The van der Waals surface area contributed by atoms with Crippen LogP contribution in [0.4, 0.5) is 0 Å². The van der Waals surface area contributed by atoms with Gasteiger partial charge >= 0.3 is 0 Å². The molecule has 0 saturated heterocycles. The maximum Gasteiger partial charge on any atom is 0.0603 e. The second-order valence-electron chi connectivity index (χ2n) is 6.77. The predicted molar refractivity (Wildman–Crippen MR) is 77.6 cm³/mol. The van der Waals surface area contributed by atoms with E-state index < -0.39 is 5.60 Å². The Morgan fingerprint density at radius 3 is 2.56 bits per heavy atom. The van der Waals surface area contributed by atoms with E-state index in [1.807, 2.05) is 13.8 Å². The van der Waals surface area contributed by atoms with Crippen LogP contribution in [0.1, 0.15) is 59.8 Å². The molecule has 0 heterocycles. The molecular weight excluding hydrogens is 224 g/mol. The van der Waals surface area contributed by atoms with Gasteiger partial charge in [-0.25, -0.2) is 0 Å². The topological polar surface area (TPSA) is 49.5 Å². The third-order valence-electron chi connectivity index (χ3n) is 4.49. The summed E-state index contributed by atoms with van der Waals surface area (Å²) in [6.45, 7) is 11.0. The lowest BCUT2D eigenvalue weighted by Gasteiger charge is -2.48. The van der Waals surface area contributed by atoms with Gasteiger partial charge in [0, 0.05) is 18.6 Å². The first-order chi connectivity index (χ1) is 8.33. The van der Waals surface area contributed by atoms with Crippen molar-refractivity contribution < 1.29 is 5.11 Å². The molecule has 1 rings (SSSR count). The Morgan fingerprint density at radius 2 is 2.11 bits per heavy atom. The molecule has 0 aromatic rings. The predicted octanol–water partition coefficient (Wildman–Crippen LogP) is 2.38. The van der Waals surface area contributed by atoms with E-state index in [2.05, 4.69) is 18.7 Å². The van der Waals surface area contributed by atoms with Crippen LogP contribution in [-0.4, -0.2) is 40.8 Å². The minimum Gasteiger partial charge on any atom is -0.390 e. The van der Waals surface area contributed by atoms with Crippen molar-refractivity contribution in [3.05, 3.63) is 0 Å². The summed E-state index contributed by atoms with van der Waals surface area (Å²) in [4.78, 5) is 2.51. The summed E-state index contributed by atoms with van der Waals surface area (Å²) >= 11 is 0. The van der Waals surface area contributed by atoms with Crippen LogP contribution in [0.15, 0.2) is 0 Å². The first-order valence-electron chi connectivity index (χ1n) is 7.50. The normalized spacial score (nSPS) is 29.8. The van der Waals surface area contributed by atoms with E-state index in [1.54, 1.807) is 0 Å². The summed E-state index contributed by atoms with van der Waals surface area (Å²) in [7, 11) is 0. The zero-order chi connectivity index (χ0) is 13.8. The molecule has 3 N–H and O–H groups in total. The number of hydrogen-bond acceptors (Lipinski definition) is 3. The van der Waals surface area contributed by atoms with E-state index in [0.717, 1.165) is 32.0 Å². The molecular formula is C15H32N2O. The van der Waals surface area contributed by atoms with Gasteiger partial charge in [0.05, 0.1) is 5.60 Å². The van der Waals surface area contributed by atoms with Crippen molar-refractivity contribution in [1.82, 2.24) is 4.90 Å². The molecule has 0 aromatic carbocycles. The second kappa shape index (κ2) is 6.36. The minimum absolute atomic E-state index is 0.178. The highest BCUT2D eigenvalue weighted by atomic mass is 16.3. The fraction of sp³-hybridized carbons (Fsp3) is 1.00. The van der Waals surface area contributed by atoms with E-state index in [-0.39, 0.29) is 5.54 Å². The van der Waals surface area contributed by atoms with Gasteiger partial charge in [0.15, 0.2) is 0 Å². The highest BCUT2D eigenvalue weighted by molar-refractivity contribution is 4.96. The highest BCUT2D eigenvalue weighted by Crippen LogP contribution is 2.36. The van der Waals surface area contributed by atoms with Gasteiger partial charge in [0.1, 0.15) is 0 Å². The van der Waals surface area contributed by atoms with Gasteiger partial charge in [-0.3, -0.25) is 4.90 Å². The second-order valence-corrected chi connectivity index (χ2v) is 6.77. The fourth-order valence-electron chi connectivity index (χ4n) is 3.37. The van der Waals surface area contributed by atoms with Gasteiger partial charge in [-0.1, -0.05) is 26.7 Å². The third kappa shape index (κ3) is 4.22. The van der Waals surface area contributed by atoms with Crippen molar-refractivity contribution >= 4 is 0 Å². The molecule has 3 nitrogen and oxygen atoms in total. The van der Waals surface area contributed by atoms with Crippen LogP contribution >= 0.6 is 0 Å². The molecule has 1 aliphatic carbocycles. The molecule has 108 valence electrons. The van der Waals surface area contributed by atoms with E-state index in [9.17, 15) is 5.11 Å². The molecule has 0 radical (unpaired) electrons. The van der Waals surface area contributed by atoms with Gasteiger partial charge in [0.25, 0.3) is 0 Å². The van der Waals surface area contributed by atoms with Crippen molar-refractivity contribution in [3.8, 4) is 0 Å². The monoisotopic (exact) mass is 256 g/mol. The SMILES string of the molecule is CCN(CCC(C)(C)O)C1(CN)CCCC(C)C1. The van der Waals surface area contributed by atoms with Crippen molar-refractivity contribution in [1.29, 1.82) is 0 Å². The average molecular weight is 256 g/mol. The Bertz CT molecular complexity index is 249. The lowest BCUT2D eigenvalue weighted by molar-refractivity contribution is 0.00903. The molecule has 0 aliphatic heterocycles. The largest absolute Gasteiger partial charge is 0.390 e. The molecule has 2 atom stereocenters. The van der Waals surface area contributed by atoms with Gasteiger partial charge in [0.2, 0.25) is 0 Å². The average Bonchev–Trinajstić information content (AvgIpc) is 2.28. The third-order valence-corrected chi connectivity index (χ3v) is 4.49. The molecule has 2 unspecified atom stereocenters. The summed E-state index contributed by atoms with van der Waals surface area (Å²) in [5.74, 6) is 0.776. The minimum atomic E-state index is -0.580. The maximum absolute atomic E-state index is 9.91. The first-order valence-corrected chi connectivity index (χ1v) is 7.50. The molecule has 0 bridgehead atoms. The van der Waals surface area contributed by atoms with Crippen LogP contribution in [-0.2, 0) is 0 Å². The van der Waals surface area contributed by atoms with E-state index in [1.165, 1.54) is 25.7 Å². The van der Waals surface area contributed by atoms with Crippen molar-refractivity contribution in [2.24, 2.45) is 11.7 Å². The molecule has 0 aromatic heterocycles. The number of aliphatic hydroxyl groups is 1. The van der Waals surface area contributed by atoms with Gasteiger partial charge < -0.3 is 10.8 Å². The Labute approximate surface area is 113 Å².